The van der Waals surface area contributed by atoms with E-state index in [1.807, 2.05) is 31.2 Å². The Balaban J connectivity index is 1.84. The maximum absolute atomic E-state index is 13.7. The molecule has 1 heterocycles. The molecule has 2 aromatic carbocycles. The van der Waals surface area contributed by atoms with Gasteiger partial charge in [0.05, 0.1) is 18.1 Å². The first-order valence-corrected chi connectivity index (χ1v) is 13.6. The van der Waals surface area contributed by atoms with Crippen molar-refractivity contribution in [3.05, 3.63) is 54.1 Å². The van der Waals surface area contributed by atoms with E-state index in [1.54, 1.807) is 55.4 Å². The molecular weight excluding hydrogens is 474 g/mol. The molecule has 0 spiro atoms. The fraction of sp³-hybridized carbons (Fsp3) is 0.458. The average molecular weight is 508 g/mol. The molecule has 1 atom stereocenters. The first-order chi connectivity index (χ1) is 16.2. The fourth-order valence-corrected chi connectivity index (χ4v) is 6.39. The number of nitrogens with one attached hydrogen (secondary N) is 1. The molecule has 1 amide bonds. The van der Waals surface area contributed by atoms with Crippen LogP contribution in [-0.4, -0.2) is 74.2 Å². The van der Waals surface area contributed by atoms with Gasteiger partial charge < -0.3 is 4.74 Å². The van der Waals surface area contributed by atoms with Crippen molar-refractivity contribution in [1.82, 2.24) is 14.7 Å². The van der Waals surface area contributed by atoms with E-state index in [1.165, 1.54) is 9.87 Å². The molecule has 34 heavy (non-hydrogen) atoms. The topological polar surface area (TPSA) is 99.2 Å². The van der Waals surface area contributed by atoms with Gasteiger partial charge in [-0.2, -0.15) is 4.31 Å². The van der Waals surface area contributed by atoms with E-state index in [9.17, 15) is 18.4 Å². The summed E-state index contributed by atoms with van der Waals surface area (Å²) in [7, 11) is -4.00. The highest BCUT2D eigenvalue weighted by atomic mass is 32.2. The summed E-state index contributed by atoms with van der Waals surface area (Å²) in [6.45, 7) is 8.74. The minimum Gasteiger partial charge on any atom is -0.379 e. The summed E-state index contributed by atoms with van der Waals surface area (Å²) in [4.78, 5) is 16.7. The largest absolute Gasteiger partial charge is 0.379 e. The van der Waals surface area contributed by atoms with Gasteiger partial charge in [0.1, 0.15) is 6.04 Å². The molecular formula is C24H33N3O5S2. The van der Waals surface area contributed by atoms with Crippen molar-refractivity contribution in [2.75, 3.05) is 39.4 Å². The van der Waals surface area contributed by atoms with Crippen molar-refractivity contribution in [3.8, 4) is 0 Å². The summed E-state index contributed by atoms with van der Waals surface area (Å²) < 4.78 is 34.0. The first kappa shape index (κ1) is 26.7. The molecule has 2 N–H and O–H groups in total. The van der Waals surface area contributed by atoms with Crippen LogP contribution in [0.5, 0.6) is 0 Å². The number of carbonyl (C=O) groups is 1. The van der Waals surface area contributed by atoms with E-state index in [2.05, 4.69) is 4.90 Å². The van der Waals surface area contributed by atoms with Crippen molar-refractivity contribution >= 4 is 27.7 Å². The number of hydrogen-bond donors (Lipinski definition) is 2. The molecule has 186 valence electrons. The quantitative estimate of drug-likeness (QED) is 0.377. The molecule has 10 heteroatoms. The zero-order valence-electron chi connectivity index (χ0n) is 19.8. The standard InChI is InChI=1S/C24H33N3O5S2/c1-18(2)23(24(28)25-29)27(13-12-26-14-16-32-17-15-26)34(30,31)22-10-8-21(9-11-22)33-20-6-4-19(3)5-7-20/h4-11,18,23,29H,12-17H2,1-3H3,(H,25,28)/t23-/m1/s1. The lowest BCUT2D eigenvalue weighted by atomic mass is 10.0. The molecule has 0 aromatic heterocycles. The SMILES string of the molecule is Cc1ccc(Sc2ccc(S(=O)(=O)N(CCN3CCOCC3)[C@@H](C(=O)NO)C(C)C)cc2)cc1. The van der Waals surface area contributed by atoms with E-state index in [4.69, 9.17) is 4.74 Å². The summed E-state index contributed by atoms with van der Waals surface area (Å²) in [5.74, 6) is -1.09. The Kier molecular flexibility index (Phi) is 9.52. The van der Waals surface area contributed by atoms with E-state index < -0.39 is 22.0 Å². The smallest absolute Gasteiger partial charge is 0.262 e. The van der Waals surface area contributed by atoms with Crippen molar-refractivity contribution in [2.45, 2.75) is 41.5 Å². The molecule has 8 nitrogen and oxygen atoms in total. The predicted octanol–water partition coefficient (Wildman–Crippen LogP) is 3.00. The Morgan fingerprint density at radius 1 is 1.09 bits per heavy atom. The van der Waals surface area contributed by atoms with Crippen LogP contribution in [0.4, 0.5) is 0 Å². The number of aryl methyl sites for hydroxylation is 1. The Morgan fingerprint density at radius 2 is 1.65 bits per heavy atom. The summed E-state index contributed by atoms with van der Waals surface area (Å²) in [6.07, 6.45) is 0. The fourth-order valence-electron chi connectivity index (χ4n) is 3.86. The van der Waals surface area contributed by atoms with E-state index in [-0.39, 0.29) is 17.4 Å². The van der Waals surface area contributed by atoms with Gasteiger partial charge in [0.25, 0.3) is 5.91 Å². The van der Waals surface area contributed by atoms with Crippen LogP contribution >= 0.6 is 11.8 Å². The summed E-state index contributed by atoms with van der Waals surface area (Å²) in [5, 5.41) is 9.30. The minimum absolute atomic E-state index is 0.110. The Morgan fingerprint density at radius 3 is 2.18 bits per heavy atom. The van der Waals surface area contributed by atoms with Crippen LogP contribution in [-0.2, 0) is 19.6 Å². The van der Waals surface area contributed by atoms with Gasteiger partial charge in [-0.3, -0.25) is 14.9 Å². The number of hydroxylamine groups is 1. The van der Waals surface area contributed by atoms with Gasteiger partial charge in [-0.15, -0.1) is 0 Å². The van der Waals surface area contributed by atoms with Crippen LogP contribution in [0.15, 0.2) is 63.2 Å². The van der Waals surface area contributed by atoms with Gasteiger partial charge >= 0.3 is 0 Å². The molecule has 1 fully saturated rings. The van der Waals surface area contributed by atoms with Crippen molar-refractivity contribution < 1.29 is 23.2 Å². The molecule has 1 saturated heterocycles. The molecule has 0 unspecified atom stereocenters. The second-order valence-electron chi connectivity index (χ2n) is 8.62. The van der Waals surface area contributed by atoms with Gasteiger partial charge in [0.15, 0.2) is 0 Å². The normalized spacial score (nSPS) is 16.1. The van der Waals surface area contributed by atoms with Gasteiger partial charge in [-0.05, 0) is 49.2 Å². The first-order valence-electron chi connectivity index (χ1n) is 11.3. The van der Waals surface area contributed by atoms with Gasteiger partial charge in [0.2, 0.25) is 10.0 Å². The monoisotopic (exact) mass is 507 g/mol. The molecule has 3 rings (SSSR count). The lowest BCUT2D eigenvalue weighted by Crippen LogP contribution is -2.54. The number of sulfonamides is 1. The van der Waals surface area contributed by atoms with Crippen LogP contribution in [0.1, 0.15) is 19.4 Å². The molecule has 2 aromatic rings. The second kappa shape index (κ2) is 12.1. The maximum atomic E-state index is 13.7. The van der Waals surface area contributed by atoms with Crippen LogP contribution < -0.4 is 5.48 Å². The Hall–Kier alpha value is -1.95. The summed E-state index contributed by atoms with van der Waals surface area (Å²) in [5.41, 5.74) is 2.82. The number of amides is 1. The van der Waals surface area contributed by atoms with Gasteiger partial charge in [0, 0.05) is 36.0 Å². The minimum atomic E-state index is -4.00. The van der Waals surface area contributed by atoms with E-state index in [0.717, 1.165) is 9.79 Å². The number of rotatable bonds is 10. The van der Waals surface area contributed by atoms with Crippen LogP contribution in [0.25, 0.3) is 0 Å². The average Bonchev–Trinajstić information content (AvgIpc) is 2.83. The number of hydrogen-bond acceptors (Lipinski definition) is 7. The summed E-state index contributed by atoms with van der Waals surface area (Å²) in [6, 6.07) is 13.8. The van der Waals surface area contributed by atoms with Crippen LogP contribution in [0, 0.1) is 12.8 Å². The zero-order valence-corrected chi connectivity index (χ0v) is 21.4. The van der Waals surface area contributed by atoms with Crippen molar-refractivity contribution in [3.63, 3.8) is 0 Å². The highest BCUT2D eigenvalue weighted by Crippen LogP contribution is 2.30. The maximum Gasteiger partial charge on any atom is 0.262 e. The Labute approximate surface area is 206 Å². The predicted molar refractivity (Wildman–Crippen MR) is 131 cm³/mol. The molecule has 0 saturated carbocycles. The molecule has 0 radical (unpaired) electrons. The lowest BCUT2D eigenvalue weighted by molar-refractivity contribution is -0.134. The highest BCUT2D eigenvalue weighted by molar-refractivity contribution is 7.99. The van der Waals surface area contributed by atoms with Crippen molar-refractivity contribution in [1.29, 1.82) is 0 Å². The van der Waals surface area contributed by atoms with Crippen LogP contribution in [0.3, 0.4) is 0 Å². The number of carbonyl (C=O) groups excluding carboxylic acids is 1. The molecule has 1 aliphatic rings. The molecule has 1 aliphatic heterocycles. The van der Waals surface area contributed by atoms with E-state index >= 15 is 0 Å². The number of ether oxygens (including phenoxy) is 1. The van der Waals surface area contributed by atoms with E-state index in [0.29, 0.717) is 32.8 Å². The number of benzene rings is 2. The van der Waals surface area contributed by atoms with Gasteiger partial charge in [-0.1, -0.05) is 43.3 Å². The third kappa shape index (κ3) is 6.80. The van der Waals surface area contributed by atoms with Gasteiger partial charge in [-0.25, -0.2) is 13.9 Å². The molecule has 0 aliphatic carbocycles. The summed E-state index contributed by atoms with van der Waals surface area (Å²) >= 11 is 1.55. The zero-order chi connectivity index (χ0) is 24.7. The third-order valence-corrected chi connectivity index (χ3v) is 8.66. The van der Waals surface area contributed by atoms with Crippen LogP contribution in [0.2, 0.25) is 0 Å². The lowest BCUT2D eigenvalue weighted by Gasteiger charge is -2.34. The highest BCUT2D eigenvalue weighted by Gasteiger charge is 2.38. The second-order valence-corrected chi connectivity index (χ2v) is 11.7. The Bertz CT molecular complexity index is 1040. The third-order valence-electron chi connectivity index (χ3n) is 5.75. The van der Waals surface area contributed by atoms with Crippen molar-refractivity contribution in [2.24, 2.45) is 5.92 Å². The number of morpholine rings is 1. The number of nitrogens with zero attached hydrogens (tertiary/aromatic N) is 2. The molecule has 0 bridgehead atoms.